The Balaban J connectivity index is 0.838. The lowest BCUT2D eigenvalue weighted by Gasteiger charge is -2.63. The summed E-state index contributed by atoms with van der Waals surface area (Å²) >= 11 is 0. The van der Waals surface area contributed by atoms with Gasteiger partial charge in [0.1, 0.15) is 104 Å². The minimum Gasteiger partial charge on any atom is -0.394 e. The van der Waals surface area contributed by atoms with E-state index in [1.54, 1.807) is 13.8 Å². The van der Waals surface area contributed by atoms with E-state index in [0.29, 0.717) is 24.8 Å². The summed E-state index contributed by atoms with van der Waals surface area (Å²) in [6.45, 7) is 13.9. The molecule has 84 heavy (non-hydrogen) atoms. The van der Waals surface area contributed by atoms with Crippen molar-refractivity contribution in [3.63, 3.8) is 0 Å². The van der Waals surface area contributed by atoms with Gasteiger partial charge in [0.2, 0.25) is 0 Å². The van der Waals surface area contributed by atoms with Gasteiger partial charge >= 0.3 is 0 Å². The normalized spacial score (nSPS) is 56.7. The molecule has 0 aromatic rings. The molecular weight excluding hydrogens is 1120 g/mol. The molecular formula is C57H94O27. The van der Waals surface area contributed by atoms with Gasteiger partial charge in [0, 0.05) is 18.8 Å². The number of rotatable bonds is 16. The quantitative estimate of drug-likeness (QED) is 0.0515. The van der Waals surface area contributed by atoms with E-state index in [1.165, 1.54) is 6.92 Å². The van der Waals surface area contributed by atoms with Crippen LogP contribution in [-0.4, -0.2) is 279 Å². The monoisotopic (exact) mass is 1210 g/mol. The van der Waals surface area contributed by atoms with Crippen molar-refractivity contribution in [1.82, 2.24) is 0 Å². The highest BCUT2D eigenvalue weighted by Gasteiger charge is 2.70. The number of ether oxygens (including phenoxy) is 11. The van der Waals surface area contributed by atoms with Crippen LogP contribution in [0, 0.1) is 46.3 Å². The minimum atomic E-state index is -1.78. The molecule has 10 rings (SSSR count). The van der Waals surface area contributed by atoms with Crippen LogP contribution in [0.4, 0.5) is 0 Å². The van der Waals surface area contributed by atoms with Crippen molar-refractivity contribution in [3.8, 4) is 0 Å². The molecule has 0 spiro atoms. The fourth-order valence-corrected chi connectivity index (χ4v) is 17.0. The largest absolute Gasteiger partial charge is 0.394 e. The fraction of sp³-hybridized carbons (Fsp3) is 0.965. The maximum atomic E-state index is 12.3. The summed E-state index contributed by atoms with van der Waals surface area (Å²) in [5.41, 5.74) is -0.293. The Kier molecular flexibility index (Phi) is 19.8. The first-order valence-electron chi connectivity index (χ1n) is 30.2. The Bertz CT molecular complexity index is 2220. The highest BCUT2D eigenvalue weighted by molar-refractivity contribution is 5.17. The van der Waals surface area contributed by atoms with Crippen molar-refractivity contribution in [2.45, 2.75) is 277 Å². The van der Waals surface area contributed by atoms with Gasteiger partial charge < -0.3 is 134 Å². The predicted molar refractivity (Wildman–Crippen MR) is 281 cm³/mol. The lowest BCUT2D eigenvalue weighted by molar-refractivity contribution is -0.371. The molecule has 16 N–H and O–H groups in total. The maximum Gasteiger partial charge on any atom is 0.187 e. The molecule has 0 aromatic heterocycles. The molecule has 4 aliphatic carbocycles. The number of hydrogen-bond acceptors (Lipinski definition) is 27. The first kappa shape index (κ1) is 65.6. The van der Waals surface area contributed by atoms with Gasteiger partial charge in [-0.2, -0.15) is 0 Å². The number of fused-ring (bicyclic) bond motifs is 7. The molecule has 6 aliphatic heterocycles. The number of hydrogen-bond donors (Lipinski definition) is 16. The van der Waals surface area contributed by atoms with Crippen LogP contribution >= 0.6 is 0 Å². The summed E-state index contributed by atoms with van der Waals surface area (Å²) < 4.78 is 67.2. The molecule has 27 heteroatoms. The standard InChI is InChI=1S/C57H94O27/c1-20(19-74-50-43(68)39(64)36(61)31(17-58)79-50)10-13-57(73)21(2)34-30(84-57)16-29-27-9-8-25-14-26(78-51-46(71)41(66)49(23(4)76-51)83-54-45(70)40(65)37(62)32(18-59)80-54)15-33(56(25,7)28(27)11-12-55(29,34)6)81-52-47(72)42(67)48(24(5)77-52)82-53-44(69)38(63)35(60)22(3)75-53/h21-54,58-73H,1,8-19H2,2-7H3. The Morgan fingerprint density at radius 2 is 1.02 bits per heavy atom. The fourth-order valence-electron chi connectivity index (χ4n) is 17.0. The summed E-state index contributed by atoms with van der Waals surface area (Å²) in [7, 11) is 0. The van der Waals surface area contributed by atoms with Crippen LogP contribution in [-0.2, 0) is 52.1 Å². The molecule has 37 atom stereocenters. The summed E-state index contributed by atoms with van der Waals surface area (Å²) in [4.78, 5) is 0. The second-order valence-corrected chi connectivity index (χ2v) is 26.7. The van der Waals surface area contributed by atoms with Crippen molar-refractivity contribution in [3.05, 3.63) is 12.2 Å². The van der Waals surface area contributed by atoms with Gasteiger partial charge in [0.05, 0.1) is 56.4 Å². The molecule has 6 saturated heterocycles. The number of aliphatic hydroxyl groups excluding tert-OH is 15. The lowest BCUT2D eigenvalue weighted by Crippen LogP contribution is -2.65. The van der Waals surface area contributed by atoms with Crippen LogP contribution in [0.5, 0.6) is 0 Å². The molecule has 27 nitrogen and oxygen atoms in total. The topological polar surface area (TPSA) is 425 Å². The van der Waals surface area contributed by atoms with E-state index in [4.69, 9.17) is 52.1 Å². The zero-order valence-corrected chi connectivity index (χ0v) is 48.5. The van der Waals surface area contributed by atoms with Crippen LogP contribution in [0.1, 0.15) is 99.3 Å². The van der Waals surface area contributed by atoms with Crippen LogP contribution in [0.2, 0.25) is 0 Å². The zero-order valence-electron chi connectivity index (χ0n) is 48.5. The van der Waals surface area contributed by atoms with Gasteiger partial charge in [-0.25, -0.2) is 0 Å². The van der Waals surface area contributed by atoms with Crippen molar-refractivity contribution in [2.24, 2.45) is 46.3 Å². The molecule has 10 fully saturated rings. The Morgan fingerprint density at radius 3 is 1.61 bits per heavy atom. The predicted octanol–water partition coefficient (Wildman–Crippen LogP) is -4.16. The van der Waals surface area contributed by atoms with Gasteiger partial charge in [-0.15, -0.1) is 0 Å². The maximum absolute atomic E-state index is 12.3. The number of aliphatic hydroxyl groups is 16. The summed E-state index contributed by atoms with van der Waals surface area (Å²) in [6, 6.07) is 0. The van der Waals surface area contributed by atoms with Crippen molar-refractivity contribution < 1.29 is 134 Å². The Labute approximate surface area is 487 Å². The van der Waals surface area contributed by atoms with E-state index < -0.39 is 190 Å². The molecule has 0 amide bonds. The highest BCUT2D eigenvalue weighted by atomic mass is 16.8. The SMILES string of the molecule is C=C(CCC1(O)OC2CC3C4CCC5CC(OC6OC(C)C(OC7OC(CO)C(O)C(O)C7O)C(O)C6O)CC(OC6OC(C)C(OC7OC(C)C(O)C(O)C7O)C(O)C6O)C5(C)C4CCC3(C)C2C1C)COC1OC(CO)C(O)C(O)C1O. The van der Waals surface area contributed by atoms with Gasteiger partial charge in [-0.3, -0.25) is 0 Å². The smallest absolute Gasteiger partial charge is 0.187 e. The van der Waals surface area contributed by atoms with Crippen LogP contribution < -0.4 is 0 Å². The second kappa shape index (κ2) is 25.4. The van der Waals surface area contributed by atoms with Crippen LogP contribution in [0.3, 0.4) is 0 Å². The molecule has 10 aliphatic rings. The summed E-state index contributed by atoms with van der Waals surface area (Å²) in [5, 5.41) is 172. The Hall–Kier alpha value is -1.34. The third-order valence-electron chi connectivity index (χ3n) is 21.9. The molecule has 0 radical (unpaired) electrons. The van der Waals surface area contributed by atoms with E-state index in [2.05, 4.69) is 20.4 Å². The van der Waals surface area contributed by atoms with Crippen molar-refractivity contribution in [1.29, 1.82) is 0 Å². The van der Waals surface area contributed by atoms with E-state index in [0.717, 1.165) is 25.7 Å². The Morgan fingerprint density at radius 1 is 0.524 bits per heavy atom. The molecule has 6 heterocycles. The zero-order chi connectivity index (χ0) is 61.0. The molecule has 0 aromatic carbocycles. The van der Waals surface area contributed by atoms with Gasteiger partial charge in [-0.1, -0.05) is 32.9 Å². The highest BCUT2D eigenvalue weighted by Crippen LogP contribution is 2.71. The van der Waals surface area contributed by atoms with Gasteiger partial charge in [-0.05, 0) is 106 Å². The van der Waals surface area contributed by atoms with Crippen molar-refractivity contribution >= 4 is 0 Å². The molecule has 4 saturated carbocycles. The third kappa shape index (κ3) is 11.6. The molecule has 484 valence electrons. The first-order valence-corrected chi connectivity index (χ1v) is 30.2. The van der Waals surface area contributed by atoms with Crippen LogP contribution in [0.15, 0.2) is 12.2 Å². The minimum absolute atomic E-state index is 0.00347. The van der Waals surface area contributed by atoms with E-state index in [9.17, 15) is 81.7 Å². The van der Waals surface area contributed by atoms with E-state index >= 15 is 0 Å². The lowest BCUT2D eigenvalue weighted by atomic mass is 9.43. The first-order chi connectivity index (χ1) is 39.6. The summed E-state index contributed by atoms with van der Waals surface area (Å²) in [6.07, 6.45) is -33.3. The second-order valence-electron chi connectivity index (χ2n) is 26.7. The van der Waals surface area contributed by atoms with E-state index in [1.807, 2.05) is 6.92 Å². The summed E-state index contributed by atoms with van der Waals surface area (Å²) in [5.74, 6) is -1.47. The van der Waals surface area contributed by atoms with Gasteiger partial charge in [0.15, 0.2) is 37.2 Å². The average molecular weight is 1210 g/mol. The van der Waals surface area contributed by atoms with Crippen LogP contribution in [0.25, 0.3) is 0 Å². The average Bonchev–Trinajstić information content (AvgIpc) is 3.35. The third-order valence-corrected chi connectivity index (χ3v) is 21.9. The molecule has 37 unspecified atom stereocenters. The van der Waals surface area contributed by atoms with Gasteiger partial charge in [0.25, 0.3) is 0 Å². The molecule has 0 bridgehead atoms. The van der Waals surface area contributed by atoms with E-state index in [-0.39, 0.29) is 66.5 Å². The van der Waals surface area contributed by atoms with Crippen molar-refractivity contribution in [2.75, 3.05) is 19.8 Å².